The minimum atomic E-state index is -5.17. The molecule has 2 heterocycles. The van der Waals surface area contributed by atoms with Gasteiger partial charge in [0.1, 0.15) is 14.1 Å². The Bertz CT molecular complexity index is 786. The fourth-order valence-corrected chi connectivity index (χ4v) is 1.69. The number of hydrogen-bond acceptors (Lipinski definition) is 4. The Morgan fingerprint density at radius 3 is 1.04 bits per heavy atom. The Balaban J connectivity index is 0.000000353. The maximum absolute atomic E-state index is 8.52. The molecule has 2 aromatic heterocycles. The van der Waals surface area contributed by atoms with Crippen LogP contribution in [-0.2, 0) is 24.5 Å². The summed E-state index contributed by atoms with van der Waals surface area (Å²) in [6.45, 7) is 6.25. The van der Waals surface area contributed by atoms with Crippen molar-refractivity contribution in [1.82, 2.24) is 0 Å². The van der Waals surface area contributed by atoms with E-state index in [9.17, 15) is 0 Å². The van der Waals surface area contributed by atoms with Gasteiger partial charge in [-0.15, -0.1) is 0 Å². The Kier molecular flexibility index (Phi) is 12.3. The van der Waals surface area contributed by atoms with Gasteiger partial charge in [-0.3, -0.25) is 8.42 Å². The molecule has 7 heteroatoms. The molecule has 0 aliphatic rings. The van der Waals surface area contributed by atoms with Crippen LogP contribution in [-0.4, -0.2) is 17.5 Å². The summed E-state index contributed by atoms with van der Waals surface area (Å²) in [4.78, 5) is 0. The van der Waals surface area contributed by atoms with E-state index in [-0.39, 0.29) is 0 Å². The van der Waals surface area contributed by atoms with Gasteiger partial charge in [-0.2, -0.15) is 0 Å². The first-order chi connectivity index (χ1) is 13.0. The smallest absolute Gasteiger partial charge is 0.168 e. The van der Waals surface area contributed by atoms with Crippen LogP contribution in [0.5, 0.6) is 0 Å². The van der Waals surface area contributed by atoms with Crippen LogP contribution in [0.15, 0.2) is 79.4 Å². The summed E-state index contributed by atoms with van der Waals surface area (Å²) >= 11 is 0. The van der Waals surface area contributed by atoms with Crippen molar-refractivity contribution in [3.63, 3.8) is 0 Å². The van der Waals surface area contributed by atoms with Gasteiger partial charge in [0.25, 0.3) is 0 Å². The molecule has 152 valence electrons. The molecule has 0 bridgehead atoms. The maximum atomic E-state index is 8.52. The zero-order valence-electron chi connectivity index (χ0n) is 16.9. The minimum absolute atomic E-state index is 1.31. The lowest BCUT2D eigenvalue weighted by Crippen LogP contribution is -2.25. The van der Waals surface area contributed by atoms with E-state index in [1.807, 2.05) is 66.2 Å². The summed E-state index contributed by atoms with van der Waals surface area (Å²) in [5.41, 5.74) is 3.94. The normalized spacial score (nSPS) is 9.54. The molecule has 0 spiro atoms. The summed E-state index contributed by atoms with van der Waals surface area (Å²) < 4.78 is 38.1. The Labute approximate surface area is 168 Å². The molecule has 6 nitrogen and oxygen atoms in total. The van der Waals surface area contributed by atoms with Gasteiger partial charge in [-0.1, -0.05) is 35.9 Å². The minimum Gasteiger partial charge on any atom is -0.759 e. The summed E-state index contributed by atoms with van der Waals surface area (Å²) in [5, 5.41) is 0. The van der Waals surface area contributed by atoms with E-state index < -0.39 is 10.4 Å². The third-order valence-electron chi connectivity index (χ3n) is 3.23. The molecule has 1 aromatic carbocycles. The molecule has 0 amide bonds. The average Bonchev–Trinajstić information content (AvgIpc) is 2.61. The van der Waals surface area contributed by atoms with Crippen LogP contribution in [0, 0.1) is 20.8 Å². The molecular formula is C21H28N2O4S. The second kappa shape index (κ2) is 13.5. The third kappa shape index (κ3) is 18.2. The van der Waals surface area contributed by atoms with Crippen molar-refractivity contribution in [1.29, 1.82) is 0 Å². The average molecular weight is 405 g/mol. The van der Waals surface area contributed by atoms with Crippen molar-refractivity contribution in [2.45, 2.75) is 20.8 Å². The van der Waals surface area contributed by atoms with Gasteiger partial charge in [0.2, 0.25) is 0 Å². The molecule has 0 radical (unpaired) electrons. The van der Waals surface area contributed by atoms with Crippen LogP contribution in [0.3, 0.4) is 0 Å². The van der Waals surface area contributed by atoms with Crippen LogP contribution >= 0.6 is 0 Å². The van der Waals surface area contributed by atoms with Crippen molar-refractivity contribution in [2.75, 3.05) is 0 Å². The van der Waals surface area contributed by atoms with E-state index in [0.717, 1.165) is 0 Å². The van der Waals surface area contributed by atoms with Crippen molar-refractivity contribution in [3.05, 3.63) is 96.1 Å². The van der Waals surface area contributed by atoms with Crippen LogP contribution < -0.4 is 9.13 Å². The van der Waals surface area contributed by atoms with Gasteiger partial charge in [-0.25, -0.2) is 9.13 Å². The Hall–Kier alpha value is -2.61. The molecule has 0 N–H and O–H groups in total. The van der Waals surface area contributed by atoms with Gasteiger partial charge in [0.15, 0.2) is 24.8 Å². The van der Waals surface area contributed by atoms with Crippen molar-refractivity contribution in [2.24, 2.45) is 14.1 Å². The van der Waals surface area contributed by atoms with E-state index in [4.69, 9.17) is 17.5 Å². The molecule has 0 aliphatic heterocycles. The largest absolute Gasteiger partial charge is 0.759 e. The zero-order valence-corrected chi connectivity index (χ0v) is 17.8. The first-order valence-corrected chi connectivity index (χ1v) is 9.83. The summed E-state index contributed by atoms with van der Waals surface area (Å²) in [6, 6.07) is 18.6. The molecule has 0 aliphatic carbocycles. The van der Waals surface area contributed by atoms with E-state index in [2.05, 4.69) is 57.2 Å². The Morgan fingerprint density at radius 2 is 0.857 bits per heavy atom. The SMILES string of the molecule is Cc1cc[n+](C)cc1.Cc1cc[n+](C)cc1.Cc1ccccc1.O=S(=O)([O-])[O-]. The maximum Gasteiger partial charge on any atom is 0.168 e. The number of aryl methyl sites for hydroxylation is 5. The summed E-state index contributed by atoms with van der Waals surface area (Å²) in [7, 11) is -1.14. The number of benzene rings is 1. The number of aromatic nitrogens is 2. The summed E-state index contributed by atoms with van der Waals surface area (Å²) in [6.07, 6.45) is 8.15. The first kappa shape index (κ1) is 25.4. The molecule has 28 heavy (non-hydrogen) atoms. The van der Waals surface area contributed by atoms with Crippen LogP contribution in [0.4, 0.5) is 0 Å². The highest BCUT2D eigenvalue weighted by Crippen LogP contribution is 1.92. The van der Waals surface area contributed by atoms with Crippen molar-refractivity contribution in [3.8, 4) is 0 Å². The van der Waals surface area contributed by atoms with Crippen molar-refractivity contribution >= 4 is 10.4 Å². The first-order valence-electron chi connectivity index (χ1n) is 8.49. The van der Waals surface area contributed by atoms with E-state index in [0.29, 0.717) is 0 Å². The van der Waals surface area contributed by atoms with E-state index >= 15 is 0 Å². The van der Waals surface area contributed by atoms with Gasteiger partial charge in [0, 0.05) is 34.7 Å². The van der Waals surface area contributed by atoms with Gasteiger partial charge in [-0.05, 0) is 31.9 Å². The third-order valence-corrected chi connectivity index (χ3v) is 3.23. The predicted octanol–water partition coefficient (Wildman–Crippen LogP) is 2.30. The van der Waals surface area contributed by atoms with Gasteiger partial charge < -0.3 is 9.11 Å². The number of hydrogen-bond donors (Lipinski definition) is 0. The fraction of sp³-hybridized carbons (Fsp3) is 0.238. The number of nitrogens with zero attached hydrogens (tertiary/aromatic N) is 2. The molecular weight excluding hydrogens is 376 g/mol. The molecule has 0 fully saturated rings. The lowest BCUT2D eigenvalue weighted by molar-refractivity contribution is -0.671. The predicted molar refractivity (Wildman–Crippen MR) is 106 cm³/mol. The molecule has 0 atom stereocenters. The second-order valence-electron chi connectivity index (χ2n) is 6.14. The van der Waals surface area contributed by atoms with Crippen molar-refractivity contribution < 1.29 is 26.7 Å². The van der Waals surface area contributed by atoms with E-state index in [1.165, 1.54) is 16.7 Å². The molecule has 3 aromatic rings. The summed E-state index contributed by atoms with van der Waals surface area (Å²) in [5.74, 6) is 0. The molecule has 0 unspecified atom stereocenters. The van der Waals surface area contributed by atoms with Crippen LogP contribution in [0.2, 0.25) is 0 Å². The molecule has 0 saturated heterocycles. The van der Waals surface area contributed by atoms with Crippen LogP contribution in [0.25, 0.3) is 0 Å². The number of rotatable bonds is 0. The molecule has 3 rings (SSSR count). The second-order valence-corrected chi connectivity index (χ2v) is 6.96. The van der Waals surface area contributed by atoms with E-state index in [1.54, 1.807) is 0 Å². The quantitative estimate of drug-likeness (QED) is 0.327. The topological polar surface area (TPSA) is 88.0 Å². The van der Waals surface area contributed by atoms with Crippen LogP contribution in [0.1, 0.15) is 16.7 Å². The van der Waals surface area contributed by atoms with Gasteiger partial charge in [0.05, 0.1) is 0 Å². The highest BCUT2D eigenvalue weighted by Gasteiger charge is 1.86. The standard InChI is InChI=1S/2C7H10N.C7H8.H2O4S/c2*1-7-3-5-8(2)6-4-7;1-7-5-3-2-4-6-7;1-5(2,3)4/h2*3-6H,1-2H3;2-6H,1H3;(H2,1,2,3,4)/q2*+1;;/p-2. The lowest BCUT2D eigenvalue weighted by Gasteiger charge is -2.06. The Morgan fingerprint density at radius 1 is 0.607 bits per heavy atom. The molecule has 0 saturated carbocycles. The fourth-order valence-electron chi connectivity index (χ4n) is 1.69. The zero-order chi connectivity index (χ0) is 21.6. The number of pyridine rings is 2. The monoisotopic (exact) mass is 404 g/mol. The highest BCUT2D eigenvalue weighted by molar-refractivity contribution is 7.79. The highest BCUT2D eigenvalue weighted by atomic mass is 32.3. The van der Waals surface area contributed by atoms with Gasteiger partial charge >= 0.3 is 0 Å². The lowest BCUT2D eigenvalue weighted by atomic mass is 10.2.